The minimum atomic E-state index is -0.259. The number of rotatable bonds is 4. The number of nitrogens with one attached hydrogen (secondary N) is 2. The molecule has 3 heterocycles. The monoisotopic (exact) mass is 353 g/mol. The van der Waals surface area contributed by atoms with Crippen molar-refractivity contribution in [1.82, 2.24) is 25.1 Å². The number of aryl methyl sites for hydroxylation is 1. The van der Waals surface area contributed by atoms with Crippen molar-refractivity contribution < 1.29 is 9.21 Å². The molecular weight excluding hydrogens is 334 g/mol. The van der Waals surface area contributed by atoms with Crippen LogP contribution in [0.3, 0.4) is 0 Å². The van der Waals surface area contributed by atoms with Crippen molar-refractivity contribution in [2.75, 3.05) is 0 Å². The Morgan fingerprint density at radius 3 is 3.04 bits per heavy atom. The van der Waals surface area contributed by atoms with E-state index < -0.39 is 0 Å². The molecule has 3 aromatic rings. The number of H-pyrrole nitrogens is 1. The van der Waals surface area contributed by atoms with Crippen LogP contribution < -0.4 is 10.9 Å². The van der Waals surface area contributed by atoms with Gasteiger partial charge < -0.3 is 9.73 Å². The molecule has 3 aromatic heterocycles. The predicted molar refractivity (Wildman–Crippen MR) is 93.2 cm³/mol. The Labute approximate surface area is 149 Å². The van der Waals surface area contributed by atoms with Crippen LogP contribution in [-0.4, -0.2) is 25.7 Å². The molecule has 0 atom stereocenters. The smallest absolute Gasteiger partial charge is 0.255 e. The lowest BCUT2D eigenvalue weighted by Gasteiger charge is -2.14. The van der Waals surface area contributed by atoms with Crippen LogP contribution in [-0.2, 0) is 19.4 Å². The number of hydrogen-bond acceptors (Lipinski definition) is 5. The van der Waals surface area contributed by atoms with Crippen LogP contribution in [0, 0.1) is 6.92 Å². The Morgan fingerprint density at radius 1 is 1.38 bits per heavy atom. The minimum absolute atomic E-state index is 0.122. The summed E-state index contributed by atoms with van der Waals surface area (Å²) in [5.74, 6) is 0.757. The van der Waals surface area contributed by atoms with Crippen LogP contribution in [0.4, 0.5) is 0 Å². The average molecular weight is 353 g/mol. The van der Waals surface area contributed by atoms with Crippen molar-refractivity contribution >= 4 is 5.91 Å². The molecule has 0 aliphatic heterocycles. The Balaban J connectivity index is 1.60. The van der Waals surface area contributed by atoms with E-state index in [-0.39, 0.29) is 11.5 Å². The van der Waals surface area contributed by atoms with Crippen molar-refractivity contribution in [3.8, 4) is 5.95 Å². The minimum Gasteiger partial charge on any atom is -0.467 e. The first-order valence-electron chi connectivity index (χ1n) is 8.61. The third-order valence-corrected chi connectivity index (χ3v) is 4.64. The topological polar surface area (TPSA) is 106 Å². The highest BCUT2D eigenvalue weighted by Crippen LogP contribution is 2.17. The second-order valence-corrected chi connectivity index (χ2v) is 6.34. The quantitative estimate of drug-likeness (QED) is 0.742. The third-order valence-electron chi connectivity index (χ3n) is 4.64. The maximum absolute atomic E-state index is 12.4. The van der Waals surface area contributed by atoms with E-state index in [1.807, 2.05) is 0 Å². The number of aromatic amines is 1. The van der Waals surface area contributed by atoms with E-state index in [0.717, 1.165) is 36.9 Å². The van der Waals surface area contributed by atoms with Gasteiger partial charge in [-0.15, -0.1) is 0 Å². The molecule has 8 nitrogen and oxygen atoms in total. The van der Waals surface area contributed by atoms with Gasteiger partial charge in [0.15, 0.2) is 0 Å². The van der Waals surface area contributed by atoms with Gasteiger partial charge in [-0.2, -0.15) is 5.10 Å². The molecule has 134 valence electrons. The van der Waals surface area contributed by atoms with Crippen LogP contribution in [0.5, 0.6) is 0 Å². The number of hydrogen-bond donors (Lipinski definition) is 2. The van der Waals surface area contributed by atoms with E-state index in [1.165, 1.54) is 10.9 Å². The van der Waals surface area contributed by atoms with E-state index in [4.69, 9.17) is 4.42 Å². The van der Waals surface area contributed by atoms with E-state index in [1.54, 1.807) is 25.3 Å². The van der Waals surface area contributed by atoms with Crippen LogP contribution in [0.1, 0.15) is 45.9 Å². The number of aromatic nitrogens is 4. The molecule has 26 heavy (non-hydrogen) atoms. The van der Waals surface area contributed by atoms with E-state index >= 15 is 0 Å². The summed E-state index contributed by atoms with van der Waals surface area (Å²) in [6.07, 6.45) is 6.63. The molecule has 2 N–H and O–H groups in total. The summed E-state index contributed by atoms with van der Waals surface area (Å²) < 4.78 is 6.70. The van der Waals surface area contributed by atoms with Crippen molar-refractivity contribution in [2.45, 2.75) is 39.2 Å². The Morgan fingerprint density at radius 2 is 2.23 bits per heavy atom. The van der Waals surface area contributed by atoms with Gasteiger partial charge in [0, 0.05) is 5.56 Å². The fourth-order valence-corrected chi connectivity index (χ4v) is 3.21. The van der Waals surface area contributed by atoms with Gasteiger partial charge in [0.05, 0.1) is 36.0 Å². The maximum atomic E-state index is 12.4. The van der Waals surface area contributed by atoms with Gasteiger partial charge in [-0.05, 0) is 44.7 Å². The summed E-state index contributed by atoms with van der Waals surface area (Å²) >= 11 is 0. The van der Waals surface area contributed by atoms with Crippen LogP contribution in [0.15, 0.2) is 33.8 Å². The van der Waals surface area contributed by atoms with E-state index in [0.29, 0.717) is 29.5 Å². The standard InChI is InChI=1S/C18H19N5O3/c1-11-14(16(24)19-9-12-5-4-8-26-12)10-20-23(11)18-21-15-7-3-2-6-13(15)17(25)22-18/h4-5,8,10H,2-3,6-7,9H2,1H3,(H,19,24)(H,21,22,25). The second kappa shape index (κ2) is 6.62. The summed E-state index contributed by atoms with van der Waals surface area (Å²) in [5.41, 5.74) is 2.51. The molecule has 0 unspecified atom stereocenters. The van der Waals surface area contributed by atoms with Gasteiger partial charge in [-0.25, -0.2) is 9.67 Å². The number of carbonyl (C=O) groups excluding carboxylic acids is 1. The first kappa shape index (κ1) is 16.3. The zero-order valence-electron chi connectivity index (χ0n) is 14.4. The molecule has 0 saturated heterocycles. The van der Waals surface area contributed by atoms with Gasteiger partial charge in [-0.3, -0.25) is 14.6 Å². The molecule has 8 heteroatoms. The average Bonchev–Trinajstić information content (AvgIpc) is 3.29. The van der Waals surface area contributed by atoms with Crippen molar-refractivity contribution in [3.63, 3.8) is 0 Å². The van der Waals surface area contributed by atoms with Crippen LogP contribution in [0.2, 0.25) is 0 Å². The Hall–Kier alpha value is -3.16. The lowest BCUT2D eigenvalue weighted by Crippen LogP contribution is -2.25. The summed E-state index contributed by atoms with van der Waals surface area (Å²) in [5, 5.41) is 7.03. The second-order valence-electron chi connectivity index (χ2n) is 6.34. The van der Waals surface area contributed by atoms with Gasteiger partial charge in [0.2, 0.25) is 5.95 Å². The molecule has 1 aliphatic carbocycles. The lowest BCUT2D eigenvalue weighted by atomic mass is 9.97. The molecule has 0 bridgehead atoms. The molecular formula is C18H19N5O3. The molecule has 0 aromatic carbocycles. The van der Waals surface area contributed by atoms with Gasteiger partial charge >= 0.3 is 0 Å². The van der Waals surface area contributed by atoms with E-state index in [2.05, 4.69) is 20.4 Å². The van der Waals surface area contributed by atoms with E-state index in [9.17, 15) is 9.59 Å². The van der Waals surface area contributed by atoms with Crippen molar-refractivity contribution in [2.24, 2.45) is 0 Å². The van der Waals surface area contributed by atoms with Gasteiger partial charge in [0.25, 0.3) is 11.5 Å². The SMILES string of the molecule is Cc1c(C(=O)NCc2ccco2)cnn1-c1nc2c(c(=O)[nH]1)CCCC2. The third kappa shape index (κ3) is 2.94. The number of carbonyl (C=O) groups is 1. The molecule has 4 rings (SSSR count). The van der Waals surface area contributed by atoms with Crippen LogP contribution >= 0.6 is 0 Å². The first-order chi connectivity index (χ1) is 12.6. The van der Waals surface area contributed by atoms with Gasteiger partial charge in [-0.1, -0.05) is 0 Å². The van der Waals surface area contributed by atoms with Crippen LogP contribution in [0.25, 0.3) is 5.95 Å². The molecule has 0 radical (unpaired) electrons. The molecule has 1 aliphatic rings. The molecule has 0 fully saturated rings. The van der Waals surface area contributed by atoms with Gasteiger partial charge in [0.1, 0.15) is 5.76 Å². The predicted octanol–water partition coefficient (Wildman–Crippen LogP) is 1.67. The number of furan rings is 1. The van der Waals surface area contributed by atoms with Crippen molar-refractivity contribution in [1.29, 1.82) is 0 Å². The Bertz CT molecular complexity index is 1000. The molecule has 0 spiro atoms. The first-order valence-corrected chi connectivity index (χ1v) is 8.61. The zero-order chi connectivity index (χ0) is 18.1. The highest BCUT2D eigenvalue weighted by Gasteiger charge is 2.20. The summed E-state index contributed by atoms with van der Waals surface area (Å²) in [6, 6.07) is 3.56. The summed E-state index contributed by atoms with van der Waals surface area (Å²) in [6.45, 7) is 2.07. The molecule has 0 saturated carbocycles. The fourth-order valence-electron chi connectivity index (χ4n) is 3.21. The zero-order valence-corrected chi connectivity index (χ0v) is 14.4. The van der Waals surface area contributed by atoms with Crippen molar-refractivity contribution in [3.05, 3.63) is 63.2 Å². The summed E-state index contributed by atoms with van der Waals surface area (Å²) in [7, 11) is 0. The summed E-state index contributed by atoms with van der Waals surface area (Å²) in [4.78, 5) is 32.1. The highest BCUT2D eigenvalue weighted by atomic mass is 16.3. The highest BCUT2D eigenvalue weighted by molar-refractivity contribution is 5.95. The largest absolute Gasteiger partial charge is 0.467 e. The Kier molecular flexibility index (Phi) is 4.16. The number of amides is 1. The lowest BCUT2D eigenvalue weighted by molar-refractivity contribution is 0.0947. The fraction of sp³-hybridized carbons (Fsp3) is 0.333. The number of nitrogens with zero attached hydrogens (tertiary/aromatic N) is 3. The maximum Gasteiger partial charge on any atom is 0.255 e. The molecule has 1 amide bonds. The number of fused-ring (bicyclic) bond motifs is 1. The normalized spacial score (nSPS) is 13.4.